The number of nitrogens with one attached hydrogen (secondary N) is 1. The van der Waals surface area contributed by atoms with Crippen molar-refractivity contribution in [2.75, 3.05) is 18.4 Å². The fourth-order valence-corrected chi connectivity index (χ4v) is 3.35. The zero-order chi connectivity index (χ0) is 19.1. The highest BCUT2D eigenvalue weighted by molar-refractivity contribution is 6.06. The number of aromatic nitrogens is 2. The van der Waals surface area contributed by atoms with E-state index >= 15 is 0 Å². The molecule has 1 aliphatic heterocycles. The van der Waals surface area contributed by atoms with E-state index in [1.54, 1.807) is 30.0 Å². The second-order valence-corrected chi connectivity index (χ2v) is 6.59. The molecule has 2 amide bonds. The molecule has 7 heteroatoms. The summed E-state index contributed by atoms with van der Waals surface area (Å²) in [7, 11) is 0. The van der Waals surface area contributed by atoms with Crippen molar-refractivity contribution in [3.8, 4) is 0 Å². The minimum atomic E-state index is -0.316. The molecule has 0 unspecified atom stereocenters. The molecule has 1 aliphatic rings. The summed E-state index contributed by atoms with van der Waals surface area (Å²) in [6.45, 7) is 5.57. The Morgan fingerprint density at radius 1 is 1.22 bits per heavy atom. The lowest BCUT2D eigenvalue weighted by molar-refractivity contribution is 0.0709. The van der Waals surface area contributed by atoms with Gasteiger partial charge >= 0.3 is 0 Å². The molecule has 1 N–H and O–H groups in total. The first kappa shape index (κ1) is 17.2. The Balaban J connectivity index is 1.64. The van der Waals surface area contributed by atoms with E-state index in [0.29, 0.717) is 47.8 Å². The molecule has 0 saturated carbocycles. The molecule has 0 bridgehead atoms. The molecular weight excluding hydrogens is 347 g/mol. The molecular formula is C20H19FN4O2. The van der Waals surface area contributed by atoms with Crippen LogP contribution in [0.25, 0.3) is 11.0 Å². The Morgan fingerprint density at radius 2 is 2.04 bits per heavy atom. The van der Waals surface area contributed by atoms with E-state index in [0.717, 1.165) is 5.52 Å². The maximum Gasteiger partial charge on any atom is 0.289 e. The number of carbonyl (C=O) groups excluding carboxylic acids is 2. The summed E-state index contributed by atoms with van der Waals surface area (Å²) in [5.41, 5.74) is 2.86. The highest BCUT2D eigenvalue weighted by Crippen LogP contribution is 2.23. The van der Waals surface area contributed by atoms with Gasteiger partial charge in [0.25, 0.3) is 11.8 Å². The number of rotatable bonds is 3. The Hall–Kier alpha value is -3.22. The Bertz CT molecular complexity index is 1070. The third-order valence-corrected chi connectivity index (χ3v) is 4.88. The van der Waals surface area contributed by atoms with Gasteiger partial charge in [-0.2, -0.15) is 0 Å². The van der Waals surface area contributed by atoms with Crippen molar-refractivity contribution in [3.63, 3.8) is 0 Å². The van der Waals surface area contributed by atoms with Gasteiger partial charge in [0.1, 0.15) is 5.82 Å². The molecule has 0 aliphatic carbocycles. The monoisotopic (exact) mass is 366 g/mol. The Labute approximate surface area is 155 Å². The summed E-state index contributed by atoms with van der Waals surface area (Å²) in [5, 5.41) is 2.76. The van der Waals surface area contributed by atoms with E-state index in [1.807, 2.05) is 17.6 Å². The molecule has 2 heterocycles. The first-order valence-corrected chi connectivity index (χ1v) is 8.85. The van der Waals surface area contributed by atoms with Crippen LogP contribution in [0.1, 0.15) is 33.5 Å². The topological polar surface area (TPSA) is 67.2 Å². The number of amides is 2. The van der Waals surface area contributed by atoms with Crippen molar-refractivity contribution >= 4 is 28.5 Å². The van der Waals surface area contributed by atoms with Gasteiger partial charge in [-0.1, -0.05) is 0 Å². The maximum atomic E-state index is 13.4. The quantitative estimate of drug-likeness (QED) is 0.774. The molecule has 138 valence electrons. The summed E-state index contributed by atoms with van der Waals surface area (Å²) in [6.07, 6.45) is 0. The predicted octanol–water partition coefficient (Wildman–Crippen LogP) is 3.21. The van der Waals surface area contributed by atoms with Crippen LogP contribution >= 0.6 is 0 Å². The van der Waals surface area contributed by atoms with E-state index in [1.165, 1.54) is 12.1 Å². The van der Waals surface area contributed by atoms with Gasteiger partial charge in [0.05, 0.1) is 11.0 Å². The van der Waals surface area contributed by atoms with Crippen LogP contribution < -0.4 is 5.32 Å². The van der Waals surface area contributed by atoms with Crippen molar-refractivity contribution in [1.29, 1.82) is 0 Å². The van der Waals surface area contributed by atoms with Crippen LogP contribution in [-0.4, -0.2) is 39.4 Å². The van der Waals surface area contributed by atoms with Gasteiger partial charge in [0.15, 0.2) is 5.82 Å². The number of aryl methyl sites for hydroxylation is 1. The molecule has 2 aromatic carbocycles. The van der Waals surface area contributed by atoms with Crippen molar-refractivity contribution in [1.82, 2.24) is 14.5 Å². The zero-order valence-corrected chi connectivity index (χ0v) is 15.1. The van der Waals surface area contributed by atoms with Gasteiger partial charge in [0.2, 0.25) is 0 Å². The Morgan fingerprint density at radius 3 is 2.78 bits per heavy atom. The molecule has 0 saturated heterocycles. The third-order valence-electron chi connectivity index (χ3n) is 4.88. The normalized spacial score (nSPS) is 13.7. The second-order valence-electron chi connectivity index (χ2n) is 6.59. The molecule has 6 nitrogen and oxygen atoms in total. The second kappa shape index (κ2) is 6.50. The average Bonchev–Trinajstić information content (AvgIpc) is 3.04. The van der Waals surface area contributed by atoms with Crippen LogP contribution in [0.2, 0.25) is 0 Å². The van der Waals surface area contributed by atoms with Crippen molar-refractivity contribution in [2.45, 2.75) is 20.4 Å². The predicted molar refractivity (Wildman–Crippen MR) is 100 cm³/mol. The number of anilines is 1. The van der Waals surface area contributed by atoms with Gasteiger partial charge in [-0.05, 0) is 55.8 Å². The number of carbonyl (C=O) groups is 2. The molecule has 1 aromatic heterocycles. The number of fused-ring (bicyclic) bond motifs is 3. The van der Waals surface area contributed by atoms with E-state index in [2.05, 4.69) is 10.3 Å². The molecule has 27 heavy (non-hydrogen) atoms. The summed E-state index contributed by atoms with van der Waals surface area (Å²) in [6, 6.07) is 9.62. The third kappa shape index (κ3) is 2.95. The van der Waals surface area contributed by atoms with Gasteiger partial charge in [-0.15, -0.1) is 0 Å². The number of nitrogens with zero attached hydrogens (tertiary/aromatic N) is 3. The van der Waals surface area contributed by atoms with Crippen molar-refractivity contribution in [3.05, 3.63) is 59.2 Å². The van der Waals surface area contributed by atoms with E-state index in [9.17, 15) is 14.0 Å². The van der Waals surface area contributed by atoms with Crippen molar-refractivity contribution < 1.29 is 14.0 Å². The standard InChI is InChI=1S/C20H19FN4O2/c1-3-24-8-9-25-17-7-4-13(11-16(17)23-18(25)20(24)27)19(26)22-14-5-6-15(21)12(2)10-14/h4-7,10-11H,3,8-9H2,1-2H3,(H,22,26). The lowest BCUT2D eigenvalue weighted by atomic mass is 10.1. The fourth-order valence-electron chi connectivity index (χ4n) is 3.35. The Kier molecular flexibility index (Phi) is 4.14. The molecule has 3 aromatic rings. The molecule has 0 spiro atoms. The lowest BCUT2D eigenvalue weighted by Gasteiger charge is -2.26. The first-order chi connectivity index (χ1) is 13.0. The van der Waals surface area contributed by atoms with Crippen LogP contribution in [0.3, 0.4) is 0 Å². The van der Waals surface area contributed by atoms with Gasteiger partial charge in [-0.25, -0.2) is 9.37 Å². The zero-order valence-electron chi connectivity index (χ0n) is 15.1. The maximum absolute atomic E-state index is 13.4. The molecule has 0 atom stereocenters. The summed E-state index contributed by atoms with van der Waals surface area (Å²) in [4.78, 5) is 31.2. The average molecular weight is 366 g/mol. The number of imidazole rings is 1. The van der Waals surface area contributed by atoms with Gasteiger partial charge < -0.3 is 14.8 Å². The van der Waals surface area contributed by atoms with Crippen LogP contribution in [0.4, 0.5) is 10.1 Å². The summed E-state index contributed by atoms with van der Waals surface area (Å²) in [5.74, 6) is -0.309. The van der Waals surface area contributed by atoms with E-state index in [4.69, 9.17) is 0 Å². The highest BCUT2D eigenvalue weighted by atomic mass is 19.1. The highest BCUT2D eigenvalue weighted by Gasteiger charge is 2.27. The summed E-state index contributed by atoms with van der Waals surface area (Å²) < 4.78 is 15.3. The number of hydrogen-bond acceptors (Lipinski definition) is 3. The SMILES string of the molecule is CCN1CCn2c(nc3cc(C(=O)Nc4ccc(F)c(C)c4)ccc32)C1=O. The number of hydrogen-bond donors (Lipinski definition) is 1. The molecule has 0 radical (unpaired) electrons. The van der Waals surface area contributed by atoms with E-state index < -0.39 is 0 Å². The fraction of sp³-hybridized carbons (Fsp3) is 0.250. The van der Waals surface area contributed by atoms with Crippen LogP contribution in [0.5, 0.6) is 0 Å². The van der Waals surface area contributed by atoms with Gasteiger partial charge in [-0.3, -0.25) is 9.59 Å². The summed E-state index contributed by atoms with van der Waals surface area (Å²) >= 11 is 0. The van der Waals surface area contributed by atoms with Crippen LogP contribution in [0, 0.1) is 12.7 Å². The minimum Gasteiger partial charge on any atom is -0.334 e. The first-order valence-electron chi connectivity index (χ1n) is 8.85. The molecule has 0 fully saturated rings. The number of benzene rings is 2. The van der Waals surface area contributed by atoms with Crippen LogP contribution in [0.15, 0.2) is 36.4 Å². The number of halogens is 1. The molecule has 4 rings (SSSR count). The largest absolute Gasteiger partial charge is 0.334 e. The smallest absolute Gasteiger partial charge is 0.289 e. The van der Waals surface area contributed by atoms with Crippen LogP contribution in [-0.2, 0) is 6.54 Å². The minimum absolute atomic E-state index is 0.0901. The number of likely N-dealkylation sites (N-methyl/N-ethyl adjacent to an activating group) is 1. The van der Waals surface area contributed by atoms with Gasteiger partial charge in [0, 0.05) is 30.9 Å². The lowest BCUT2D eigenvalue weighted by Crippen LogP contribution is -2.40. The van der Waals surface area contributed by atoms with Crippen molar-refractivity contribution in [2.24, 2.45) is 0 Å². The van der Waals surface area contributed by atoms with E-state index in [-0.39, 0.29) is 17.6 Å².